The summed E-state index contributed by atoms with van der Waals surface area (Å²) in [7, 11) is 0. The molecule has 0 aliphatic rings. The largest absolute Gasteiger partial charge is 0.508 e. The molecule has 1 amide bonds. The van der Waals surface area contributed by atoms with Crippen molar-refractivity contribution in [3.05, 3.63) is 24.3 Å². The van der Waals surface area contributed by atoms with Crippen LogP contribution in [0.5, 0.6) is 5.75 Å². The molecule has 0 saturated heterocycles. The number of amides is 1. The molecule has 0 radical (unpaired) electrons. The van der Waals surface area contributed by atoms with Crippen molar-refractivity contribution in [2.75, 3.05) is 5.32 Å². The summed E-state index contributed by atoms with van der Waals surface area (Å²) in [6, 6.07) is 6.01. The topological polar surface area (TPSA) is 69.6 Å². The highest BCUT2D eigenvalue weighted by atomic mass is 16.3. The fourth-order valence-electron chi connectivity index (χ4n) is 0.791. The lowest BCUT2D eigenvalue weighted by Crippen LogP contribution is -2.24. The van der Waals surface area contributed by atoms with Crippen LogP contribution in [0.15, 0.2) is 24.3 Å². The van der Waals surface area contributed by atoms with Crippen LogP contribution >= 0.6 is 0 Å². The van der Waals surface area contributed by atoms with Gasteiger partial charge in [-0.3, -0.25) is 4.79 Å². The van der Waals surface area contributed by atoms with Crippen molar-refractivity contribution in [2.45, 2.75) is 13.0 Å². The van der Waals surface area contributed by atoms with Crippen molar-refractivity contribution in [2.24, 2.45) is 0 Å². The Balaban J connectivity index is 2.65. The lowest BCUT2D eigenvalue weighted by Gasteiger charge is -2.06. The third-order valence-electron chi connectivity index (χ3n) is 1.51. The fourth-order valence-corrected chi connectivity index (χ4v) is 0.791. The molecule has 0 aliphatic heterocycles. The first-order chi connectivity index (χ1) is 6.09. The first-order valence-corrected chi connectivity index (χ1v) is 3.87. The van der Waals surface area contributed by atoms with Crippen LogP contribution in [0.3, 0.4) is 0 Å². The van der Waals surface area contributed by atoms with Crippen LogP contribution in [0.25, 0.3) is 0 Å². The normalized spacial score (nSPS) is 12.2. The van der Waals surface area contributed by atoms with Gasteiger partial charge < -0.3 is 15.5 Å². The highest BCUT2D eigenvalue weighted by Crippen LogP contribution is 2.13. The number of hydrogen-bond donors (Lipinski definition) is 3. The van der Waals surface area contributed by atoms with Crippen LogP contribution in [-0.4, -0.2) is 22.2 Å². The molecule has 1 rings (SSSR count). The molecular formula is C9H11NO3. The van der Waals surface area contributed by atoms with E-state index in [1.165, 1.54) is 19.1 Å². The zero-order valence-electron chi connectivity index (χ0n) is 7.19. The molecule has 13 heavy (non-hydrogen) atoms. The van der Waals surface area contributed by atoms with E-state index < -0.39 is 12.0 Å². The first kappa shape index (κ1) is 9.54. The Morgan fingerprint density at radius 1 is 1.38 bits per heavy atom. The van der Waals surface area contributed by atoms with Gasteiger partial charge in [-0.05, 0) is 31.2 Å². The van der Waals surface area contributed by atoms with Gasteiger partial charge in [-0.25, -0.2) is 0 Å². The number of aliphatic hydroxyl groups excluding tert-OH is 1. The predicted molar refractivity (Wildman–Crippen MR) is 48.4 cm³/mol. The number of nitrogens with one attached hydrogen (secondary N) is 1. The van der Waals surface area contributed by atoms with E-state index in [0.29, 0.717) is 5.69 Å². The van der Waals surface area contributed by atoms with Gasteiger partial charge in [-0.1, -0.05) is 0 Å². The standard InChI is InChI=1S/C9H11NO3/c1-6(11)9(13)10-7-2-4-8(12)5-3-7/h2-6,11-12H,1H3,(H,10,13). The van der Waals surface area contributed by atoms with Crippen molar-refractivity contribution in [1.29, 1.82) is 0 Å². The van der Waals surface area contributed by atoms with Gasteiger partial charge >= 0.3 is 0 Å². The van der Waals surface area contributed by atoms with Crippen LogP contribution in [0.4, 0.5) is 5.69 Å². The van der Waals surface area contributed by atoms with Crippen molar-refractivity contribution >= 4 is 11.6 Å². The summed E-state index contributed by atoms with van der Waals surface area (Å²) in [5, 5.41) is 20.3. The van der Waals surface area contributed by atoms with Crippen molar-refractivity contribution in [3.63, 3.8) is 0 Å². The molecule has 3 N–H and O–H groups in total. The number of hydrogen-bond acceptors (Lipinski definition) is 3. The first-order valence-electron chi connectivity index (χ1n) is 3.87. The Kier molecular flexibility index (Phi) is 2.87. The smallest absolute Gasteiger partial charge is 0.252 e. The fraction of sp³-hybridized carbons (Fsp3) is 0.222. The minimum absolute atomic E-state index is 0.134. The number of phenolic OH excluding ortho intramolecular Hbond substituents is 1. The number of carbonyl (C=O) groups is 1. The Labute approximate surface area is 75.8 Å². The minimum Gasteiger partial charge on any atom is -0.508 e. The van der Waals surface area contributed by atoms with Crippen LogP contribution in [0.2, 0.25) is 0 Å². The van der Waals surface area contributed by atoms with Gasteiger partial charge in [0.05, 0.1) is 0 Å². The maximum Gasteiger partial charge on any atom is 0.252 e. The molecule has 1 aromatic rings. The SMILES string of the molecule is CC(O)C(=O)Nc1ccc(O)cc1. The summed E-state index contributed by atoms with van der Waals surface area (Å²) in [4.78, 5) is 11.0. The van der Waals surface area contributed by atoms with Gasteiger partial charge in [0.25, 0.3) is 5.91 Å². The second-order valence-electron chi connectivity index (χ2n) is 2.71. The summed E-state index contributed by atoms with van der Waals surface area (Å²) in [6.45, 7) is 1.38. The Bertz CT molecular complexity index is 292. The Morgan fingerprint density at radius 3 is 2.38 bits per heavy atom. The molecule has 0 aromatic heterocycles. The molecule has 4 heteroatoms. The molecule has 0 heterocycles. The Morgan fingerprint density at radius 2 is 1.92 bits per heavy atom. The summed E-state index contributed by atoms with van der Waals surface area (Å²) >= 11 is 0. The van der Waals surface area contributed by atoms with Crippen molar-refractivity contribution in [3.8, 4) is 5.75 Å². The minimum atomic E-state index is -1.03. The second-order valence-corrected chi connectivity index (χ2v) is 2.71. The molecule has 0 fully saturated rings. The van der Waals surface area contributed by atoms with E-state index in [1.54, 1.807) is 12.1 Å². The van der Waals surface area contributed by atoms with Crippen LogP contribution in [-0.2, 0) is 4.79 Å². The number of carbonyl (C=O) groups excluding carboxylic acids is 1. The number of aromatic hydroxyl groups is 1. The molecule has 1 atom stereocenters. The summed E-state index contributed by atoms with van der Waals surface area (Å²) < 4.78 is 0. The Hall–Kier alpha value is -1.55. The molecule has 70 valence electrons. The average Bonchev–Trinajstić information content (AvgIpc) is 2.08. The number of rotatable bonds is 2. The monoisotopic (exact) mass is 181 g/mol. The number of aliphatic hydroxyl groups is 1. The molecule has 0 aliphatic carbocycles. The summed E-state index contributed by atoms with van der Waals surface area (Å²) in [5.41, 5.74) is 0.545. The van der Waals surface area contributed by atoms with Gasteiger partial charge in [-0.2, -0.15) is 0 Å². The summed E-state index contributed by atoms with van der Waals surface area (Å²) in [5.74, 6) is -0.333. The molecule has 0 bridgehead atoms. The number of benzene rings is 1. The lowest BCUT2D eigenvalue weighted by atomic mass is 10.3. The van der Waals surface area contributed by atoms with E-state index in [0.717, 1.165) is 0 Å². The van der Waals surface area contributed by atoms with Gasteiger partial charge in [0.15, 0.2) is 0 Å². The van der Waals surface area contributed by atoms with Crippen LogP contribution in [0.1, 0.15) is 6.92 Å². The quantitative estimate of drug-likeness (QED) is 0.588. The third-order valence-corrected chi connectivity index (χ3v) is 1.51. The predicted octanol–water partition coefficient (Wildman–Crippen LogP) is 0.711. The van der Waals surface area contributed by atoms with E-state index in [4.69, 9.17) is 10.2 Å². The van der Waals surface area contributed by atoms with Gasteiger partial charge in [-0.15, -0.1) is 0 Å². The highest BCUT2D eigenvalue weighted by Gasteiger charge is 2.07. The second kappa shape index (κ2) is 3.91. The number of anilines is 1. The van der Waals surface area contributed by atoms with E-state index in [9.17, 15) is 4.79 Å². The molecule has 0 spiro atoms. The maximum absolute atomic E-state index is 11.0. The van der Waals surface area contributed by atoms with E-state index in [1.807, 2.05) is 0 Å². The van der Waals surface area contributed by atoms with Gasteiger partial charge in [0, 0.05) is 5.69 Å². The lowest BCUT2D eigenvalue weighted by molar-refractivity contribution is -0.123. The average molecular weight is 181 g/mol. The maximum atomic E-state index is 11.0. The van der Waals surface area contributed by atoms with Gasteiger partial charge in [0.1, 0.15) is 11.9 Å². The summed E-state index contributed by atoms with van der Waals surface area (Å²) in [6.07, 6.45) is -1.03. The van der Waals surface area contributed by atoms with Crippen molar-refractivity contribution < 1.29 is 15.0 Å². The molecule has 1 unspecified atom stereocenters. The zero-order valence-corrected chi connectivity index (χ0v) is 7.19. The molecule has 4 nitrogen and oxygen atoms in total. The van der Waals surface area contributed by atoms with Crippen LogP contribution < -0.4 is 5.32 Å². The highest BCUT2D eigenvalue weighted by molar-refractivity contribution is 5.93. The number of phenols is 1. The third kappa shape index (κ3) is 2.76. The zero-order chi connectivity index (χ0) is 9.84. The van der Waals surface area contributed by atoms with Crippen molar-refractivity contribution in [1.82, 2.24) is 0 Å². The van der Waals surface area contributed by atoms with E-state index in [2.05, 4.69) is 5.32 Å². The van der Waals surface area contributed by atoms with Gasteiger partial charge in [0.2, 0.25) is 0 Å². The van der Waals surface area contributed by atoms with Crippen LogP contribution in [0, 0.1) is 0 Å². The van der Waals surface area contributed by atoms with E-state index >= 15 is 0 Å². The van der Waals surface area contributed by atoms with E-state index in [-0.39, 0.29) is 5.75 Å². The molecular weight excluding hydrogens is 170 g/mol. The molecule has 1 aromatic carbocycles. The molecule has 0 saturated carbocycles.